The average Bonchev–Trinajstić information content (AvgIpc) is 2.71. The lowest BCUT2D eigenvalue weighted by atomic mass is 10.1. The lowest BCUT2D eigenvalue weighted by Gasteiger charge is -1.99. The molecule has 2 rings (SSSR count). The monoisotopic (exact) mass is 192 g/mol. The Morgan fingerprint density at radius 2 is 2.00 bits per heavy atom. The Balaban J connectivity index is 2.28. The van der Waals surface area contributed by atoms with Gasteiger partial charge in [0.25, 0.3) is 0 Å². The van der Waals surface area contributed by atoms with Crippen LogP contribution < -0.4 is 0 Å². The van der Waals surface area contributed by atoms with Gasteiger partial charge in [-0.1, -0.05) is 13.8 Å². The summed E-state index contributed by atoms with van der Waals surface area (Å²) in [5.41, 5.74) is -0.215. The van der Waals surface area contributed by atoms with Crippen molar-refractivity contribution in [2.24, 2.45) is 11.3 Å². The molecule has 0 spiro atoms. The molecule has 0 aromatic carbocycles. The van der Waals surface area contributed by atoms with Gasteiger partial charge in [-0.05, 0) is 11.5 Å². The third-order valence-corrected chi connectivity index (χ3v) is 2.96. The molecule has 4 nitrogen and oxygen atoms in total. The fraction of sp³-hybridized carbons (Fsp3) is 0.500. The van der Waals surface area contributed by atoms with Gasteiger partial charge < -0.3 is 5.11 Å². The van der Waals surface area contributed by atoms with E-state index in [1.54, 1.807) is 18.5 Å². The summed E-state index contributed by atoms with van der Waals surface area (Å²) in [4.78, 5) is 19.1. The molecule has 1 saturated carbocycles. The Kier molecular flexibility index (Phi) is 1.80. The highest BCUT2D eigenvalue weighted by Crippen LogP contribution is 2.63. The van der Waals surface area contributed by atoms with E-state index in [9.17, 15) is 4.79 Å². The summed E-state index contributed by atoms with van der Waals surface area (Å²) in [6.45, 7) is 3.87. The standard InChI is InChI=1S/C10H12N2O2/c1-10(2)6(7(10)9(13)14)8-11-4-3-5-12-8/h3-7H,1-2H3,(H,13,14)/t6-,7-/m0/s1. The molecule has 0 radical (unpaired) electrons. The molecule has 0 bridgehead atoms. The van der Waals surface area contributed by atoms with Crippen LogP contribution >= 0.6 is 0 Å². The van der Waals surface area contributed by atoms with Crippen LogP contribution in [0.3, 0.4) is 0 Å². The van der Waals surface area contributed by atoms with E-state index < -0.39 is 5.97 Å². The van der Waals surface area contributed by atoms with Crippen molar-refractivity contribution in [1.29, 1.82) is 0 Å². The Hall–Kier alpha value is -1.45. The van der Waals surface area contributed by atoms with Crippen molar-refractivity contribution in [2.45, 2.75) is 19.8 Å². The van der Waals surface area contributed by atoms with E-state index >= 15 is 0 Å². The molecule has 0 unspecified atom stereocenters. The minimum absolute atomic E-state index is 0.0406. The first-order chi connectivity index (χ1) is 6.55. The lowest BCUT2D eigenvalue weighted by Crippen LogP contribution is -2.03. The number of hydrogen-bond acceptors (Lipinski definition) is 3. The Bertz CT molecular complexity index is 362. The molecule has 1 aliphatic carbocycles. The third kappa shape index (κ3) is 1.18. The second-order valence-electron chi connectivity index (χ2n) is 4.22. The molecule has 4 heteroatoms. The number of aliphatic carboxylic acids is 1. The Morgan fingerprint density at radius 1 is 1.43 bits per heavy atom. The molecular weight excluding hydrogens is 180 g/mol. The van der Waals surface area contributed by atoms with Crippen LogP contribution in [0.2, 0.25) is 0 Å². The van der Waals surface area contributed by atoms with Gasteiger partial charge in [-0.2, -0.15) is 0 Å². The molecule has 0 aliphatic heterocycles. The molecule has 14 heavy (non-hydrogen) atoms. The predicted molar refractivity (Wildman–Crippen MR) is 49.7 cm³/mol. The fourth-order valence-corrected chi connectivity index (χ4v) is 2.05. The van der Waals surface area contributed by atoms with Crippen molar-refractivity contribution >= 4 is 5.97 Å². The lowest BCUT2D eigenvalue weighted by molar-refractivity contribution is -0.139. The average molecular weight is 192 g/mol. The van der Waals surface area contributed by atoms with Crippen LogP contribution in [0.1, 0.15) is 25.6 Å². The van der Waals surface area contributed by atoms with Crippen molar-refractivity contribution in [2.75, 3.05) is 0 Å². The first-order valence-electron chi connectivity index (χ1n) is 4.55. The number of nitrogens with zero attached hydrogens (tertiary/aromatic N) is 2. The summed E-state index contributed by atoms with van der Waals surface area (Å²) in [7, 11) is 0. The number of aromatic nitrogens is 2. The van der Waals surface area contributed by atoms with Gasteiger partial charge in [-0.15, -0.1) is 0 Å². The van der Waals surface area contributed by atoms with Crippen LogP contribution in [-0.2, 0) is 4.79 Å². The molecule has 1 aromatic heterocycles. The van der Waals surface area contributed by atoms with Crippen molar-refractivity contribution < 1.29 is 9.90 Å². The van der Waals surface area contributed by atoms with Crippen LogP contribution in [-0.4, -0.2) is 21.0 Å². The van der Waals surface area contributed by atoms with Gasteiger partial charge in [0.2, 0.25) is 0 Å². The first kappa shape index (κ1) is 9.12. The second-order valence-corrected chi connectivity index (χ2v) is 4.22. The number of carbonyl (C=O) groups is 1. The Morgan fingerprint density at radius 3 is 2.43 bits per heavy atom. The van der Waals surface area contributed by atoms with E-state index in [2.05, 4.69) is 9.97 Å². The SMILES string of the molecule is CC1(C)[C@H](C(=O)O)[C@H]1c1ncccn1. The van der Waals surface area contributed by atoms with Crippen LogP contribution in [0.4, 0.5) is 0 Å². The number of carboxylic acids is 1. The summed E-state index contributed by atoms with van der Waals surface area (Å²) in [6.07, 6.45) is 3.30. The predicted octanol–water partition coefficient (Wildman–Crippen LogP) is 1.30. The molecule has 1 aliphatic rings. The molecular formula is C10H12N2O2. The van der Waals surface area contributed by atoms with Crippen LogP contribution in [0.25, 0.3) is 0 Å². The zero-order valence-electron chi connectivity index (χ0n) is 8.14. The molecule has 0 saturated heterocycles. The molecule has 2 atom stereocenters. The fourth-order valence-electron chi connectivity index (χ4n) is 2.05. The van der Waals surface area contributed by atoms with Crippen LogP contribution in [0.5, 0.6) is 0 Å². The van der Waals surface area contributed by atoms with E-state index in [1.165, 1.54) is 0 Å². The summed E-state index contributed by atoms with van der Waals surface area (Å²) in [5.74, 6) is -0.497. The quantitative estimate of drug-likeness (QED) is 0.767. The summed E-state index contributed by atoms with van der Waals surface area (Å²) >= 11 is 0. The topological polar surface area (TPSA) is 63.1 Å². The zero-order valence-corrected chi connectivity index (χ0v) is 8.14. The Labute approximate surface area is 82.0 Å². The maximum absolute atomic E-state index is 10.9. The minimum Gasteiger partial charge on any atom is -0.481 e. The summed E-state index contributed by atoms with van der Waals surface area (Å²) < 4.78 is 0. The van der Waals surface area contributed by atoms with Crippen molar-refractivity contribution in [1.82, 2.24) is 9.97 Å². The smallest absolute Gasteiger partial charge is 0.307 e. The molecule has 1 heterocycles. The molecule has 0 amide bonds. The first-order valence-corrected chi connectivity index (χ1v) is 4.55. The van der Waals surface area contributed by atoms with Crippen LogP contribution in [0, 0.1) is 11.3 Å². The summed E-state index contributed by atoms with van der Waals surface area (Å²) in [6, 6.07) is 1.73. The molecule has 1 fully saturated rings. The van der Waals surface area contributed by atoms with Crippen molar-refractivity contribution in [3.05, 3.63) is 24.3 Å². The maximum Gasteiger partial charge on any atom is 0.307 e. The van der Waals surface area contributed by atoms with Crippen molar-refractivity contribution in [3.63, 3.8) is 0 Å². The van der Waals surface area contributed by atoms with Gasteiger partial charge in [-0.25, -0.2) is 9.97 Å². The van der Waals surface area contributed by atoms with Gasteiger partial charge >= 0.3 is 5.97 Å². The normalized spacial score (nSPS) is 28.4. The van der Waals surface area contributed by atoms with Gasteiger partial charge in [0.1, 0.15) is 5.82 Å². The van der Waals surface area contributed by atoms with E-state index in [0.29, 0.717) is 5.82 Å². The van der Waals surface area contributed by atoms with E-state index in [1.807, 2.05) is 13.8 Å². The number of carboxylic acid groups (broad SMARTS) is 1. The van der Waals surface area contributed by atoms with Gasteiger partial charge in [-0.3, -0.25) is 4.79 Å². The van der Waals surface area contributed by atoms with E-state index in [0.717, 1.165) is 0 Å². The molecule has 74 valence electrons. The maximum atomic E-state index is 10.9. The number of hydrogen-bond donors (Lipinski definition) is 1. The second kappa shape index (κ2) is 2.77. The van der Waals surface area contributed by atoms with Crippen molar-refractivity contribution in [3.8, 4) is 0 Å². The highest BCUT2D eigenvalue weighted by molar-refractivity contribution is 5.77. The summed E-state index contributed by atoms with van der Waals surface area (Å²) in [5, 5.41) is 8.97. The highest BCUT2D eigenvalue weighted by Gasteiger charge is 2.64. The van der Waals surface area contributed by atoms with Gasteiger partial charge in [0, 0.05) is 18.3 Å². The number of rotatable bonds is 2. The largest absolute Gasteiger partial charge is 0.481 e. The van der Waals surface area contributed by atoms with Crippen LogP contribution in [0.15, 0.2) is 18.5 Å². The van der Waals surface area contributed by atoms with E-state index in [4.69, 9.17) is 5.11 Å². The third-order valence-electron chi connectivity index (χ3n) is 2.96. The van der Waals surface area contributed by atoms with Gasteiger partial charge in [0.15, 0.2) is 0 Å². The molecule has 1 aromatic rings. The molecule has 1 N–H and O–H groups in total. The highest BCUT2D eigenvalue weighted by atomic mass is 16.4. The minimum atomic E-state index is -0.757. The zero-order chi connectivity index (χ0) is 10.3. The van der Waals surface area contributed by atoms with E-state index in [-0.39, 0.29) is 17.3 Å². The van der Waals surface area contributed by atoms with Gasteiger partial charge in [0.05, 0.1) is 5.92 Å².